The molecule has 0 N–H and O–H groups in total. The van der Waals surface area contributed by atoms with Gasteiger partial charge >= 0.3 is 0 Å². The first-order valence-electron chi connectivity index (χ1n) is 4.43. The van der Waals surface area contributed by atoms with E-state index in [0.29, 0.717) is 11.3 Å². The molecule has 0 bridgehead atoms. The van der Waals surface area contributed by atoms with Gasteiger partial charge in [-0.1, -0.05) is 46.8 Å². The normalized spacial score (nSPS) is 15.7. The van der Waals surface area contributed by atoms with Crippen LogP contribution in [0.5, 0.6) is 0 Å². The van der Waals surface area contributed by atoms with Crippen molar-refractivity contribution in [2.24, 2.45) is 11.3 Å². The number of hydrogen-bond acceptors (Lipinski definition) is 0. The molecule has 0 aromatic heterocycles. The fraction of sp³-hybridized carbons (Fsp3) is 0.727. The third-order valence-electron chi connectivity index (χ3n) is 1.53. The molecule has 0 aliphatic rings. The van der Waals surface area contributed by atoms with Gasteiger partial charge in [0.05, 0.1) is 0 Å². The lowest BCUT2D eigenvalue weighted by Crippen LogP contribution is -2.00. The molecule has 0 fully saturated rings. The van der Waals surface area contributed by atoms with Crippen molar-refractivity contribution in [2.75, 3.05) is 0 Å². The molecule has 0 aromatic carbocycles. The van der Waals surface area contributed by atoms with Gasteiger partial charge in [-0.25, -0.2) is 0 Å². The van der Waals surface area contributed by atoms with Gasteiger partial charge in [-0.2, -0.15) is 0 Å². The monoisotopic (exact) mass is 153 g/mol. The van der Waals surface area contributed by atoms with Crippen molar-refractivity contribution in [3.05, 3.63) is 18.6 Å². The van der Waals surface area contributed by atoms with Crippen LogP contribution >= 0.6 is 0 Å². The minimum Gasteiger partial charge on any atom is -0.0852 e. The summed E-state index contributed by atoms with van der Waals surface area (Å²) in [7, 11) is 0. The van der Waals surface area contributed by atoms with Crippen LogP contribution in [-0.2, 0) is 0 Å². The van der Waals surface area contributed by atoms with Crippen LogP contribution in [0.15, 0.2) is 12.2 Å². The van der Waals surface area contributed by atoms with E-state index in [1.807, 2.05) is 0 Å². The Morgan fingerprint density at radius 2 is 1.82 bits per heavy atom. The van der Waals surface area contributed by atoms with E-state index in [4.69, 9.17) is 0 Å². The minimum atomic E-state index is 0.335. The Hall–Kier alpha value is -0.260. The zero-order chi connectivity index (χ0) is 8.91. The van der Waals surface area contributed by atoms with Crippen molar-refractivity contribution in [2.45, 2.75) is 41.0 Å². The molecule has 1 atom stereocenters. The number of allylic oxidation sites excluding steroid dienone is 2. The largest absolute Gasteiger partial charge is 0.0852 e. The molecule has 0 heterocycles. The predicted molar refractivity (Wildman–Crippen MR) is 52.4 cm³/mol. The molecule has 0 amide bonds. The SMILES string of the molecule is C[CH]CC(C)C=CC(C)(C)C. The van der Waals surface area contributed by atoms with Gasteiger partial charge in [0.15, 0.2) is 0 Å². The van der Waals surface area contributed by atoms with Crippen LogP contribution in [0, 0.1) is 17.8 Å². The molecule has 0 spiro atoms. The fourth-order valence-electron chi connectivity index (χ4n) is 0.903. The molecule has 11 heavy (non-hydrogen) atoms. The Bertz CT molecular complexity index is 114. The molecule has 0 rings (SSSR count). The van der Waals surface area contributed by atoms with Gasteiger partial charge in [-0.15, -0.1) is 0 Å². The third-order valence-corrected chi connectivity index (χ3v) is 1.53. The molecule has 0 heteroatoms. The smallest absolute Gasteiger partial charge is 0.0203 e. The topological polar surface area (TPSA) is 0 Å². The summed E-state index contributed by atoms with van der Waals surface area (Å²) in [6.07, 6.45) is 8.01. The molecular weight excluding hydrogens is 132 g/mol. The van der Waals surface area contributed by atoms with Crippen LogP contribution in [0.25, 0.3) is 0 Å². The highest BCUT2D eigenvalue weighted by Crippen LogP contribution is 2.17. The summed E-state index contributed by atoms with van der Waals surface area (Å²) in [5, 5.41) is 0. The quantitative estimate of drug-likeness (QED) is 0.540. The molecule has 0 aliphatic carbocycles. The molecule has 0 aliphatic heterocycles. The molecule has 0 saturated heterocycles. The highest BCUT2D eigenvalue weighted by molar-refractivity contribution is 4.95. The van der Waals surface area contributed by atoms with Gasteiger partial charge in [0.2, 0.25) is 0 Å². The van der Waals surface area contributed by atoms with Crippen molar-refractivity contribution < 1.29 is 0 Å². The fourth-order valence-corrected chi connectivity index (χ4v) is 0.903. The summed E-state index contributed by atoms with van der Waals surface area (Å²) in [5.41, 5.74) is 0.335. The maximum absolute atomic E-state index is 2.31. The highest BCUT2D eigenvalue weighted by Gasteiger charge is 2.04. The Morgan fingerprint density at radius 3 is 2.18 bits per heavy atom. The van der Waals surface area contributed by atoms with E-state index >= 15 is 0 Å². The molecule has 0 aromatic rings. The van der Waals surface area contributed by atoms with Crippen LogP contribution in [0.4, 0.5) is 0 Å². The van der Waals surface area contributed by atoms with Gasteiger partial charge in [0.1, 0.15) is 0 Å². The zero-order valence-corrected chi connectivity index (χ0v) is 8.52. The van der Waals surface area contributed by atoms with Crippen LogP contribution in [0.2, 0.25) is 0 Å². The molecule has 65 valence electrons. The van der Waals surface area contributed by atoms with Gasteiger partial charge < -0.3 is 0 Å². The second-order valence-electron chi connectivity index (χ2n) is 4.35. The third kappa shape index (κ3) is 7.64. The van der Waals surface area contributed by atoms with Crippen molar-refractivity contribution in [1.82, 2.24) is 0 Å². The number of hydrogen-bond donors (Lipinski definition) is 0. The maximum atomic E-state index is 2.31. The van der Waals surface area contributed by atoms with Crippen LogP contribution in [0.3, 0.4) is 0 Å². The second kappa shape index (κ2) is 4.58. The summed E-state index contributed by atoms with van der Waals surface area (Å²) in [5.74, 6) is 0.694. The van der Waals surface area contributed by atoms with Crippen LogP contribution in [-0.4, -0.2) is 0 Å². The molecule has 0 nitrogen and oxygen atoms in total. The zero-order valence-electron chi connectivity index (χ0n) is 8.52. The molecular formula is C11H21. The van der Waals surface area contributed by atoms with Crippen LogP contribution in [0.1, 0.15) is 41.0 Å². The summed E-state index contributed by atoms with van der Waals surface area (Å²) in [6, 6.07) is 0. The first-order valence-corrected chi connectivity index (χ1v) is 4.43. The average Bonchev–Trinajstić information content (AvgIpc) is 1.83. The molecule has 1 radical (unpaired) electrons. The minimum absolute atomic E-state index is 0.335. The molecule has 1 unspecified atom stereocenters. The van der Waals surface area contributed by atoms with Gasteiger partial charge in [0, 0.05) is 0 Å². The second-order valence-corrected chi connectivity index (χ2v) is 4.35. The summed E-state index contributed by atoms with van der Waals surface area (Å²) < 4.78 is 0. The van der Waals surface area contributed by atoms with Crippen molar-refractivity contribution in [3.8, 4) is 0 Å². The van der Waals surface area contributed by atoms with Crippen molar-refractivity contribution in [3.63, 3.8) is 0 Å². The standard InChI is InChI=1S/C11H21/c1-6-7-10(2)8-9-11(3,4)5/h6,8-10H,7H2,1-5H3. The van der Waals surface area contributed by atoms with E-state index in [1.54, 1.807) is 0 Å². The predicted octanol–water partition coefficient (Wildman–Crippen LogP) is 3.84. The Morgan fingerprint density at radius 1 is 1.27 bits per heavy atom. The molecule has 0 saturated carbocycles. The van der Waals surface area contributed by atoms with Crippen LogP contribution < -0.4 is 0 Å². The van der Waals surface area contributed by atoms with Crippen molar-refractivity contribution in [1.29, 1.82) is 0 Å². The maximum Gasteiger partial charge on any atom is -0.0203 e. The lowest BCUT2D eigenvalue weighted by Gasteiger charge is -2.12. The van der Waals surface area contributed by atoms with E-state index < -0.39 is 0 Å². The average molecular weight is 153 g/mol. The van der Waals surface area contributed by atoms with Crippen molar-refractivity contribution >= 4 is 0 Å². The lowest BCUT2D eigenvalue weighted by atomic mass is 9.93. The summed E-state index contributed by atoms with van der Waals surface area (Å²) >= 11 is 0. The Labute approximate surface area is 71.7 Å². The van der Waals surface area contributed by atoms with Gasteiger partial charge in [-0.05, 0) is 24.2 Å². The van der Waals surface area contributed by atoms with E-state index in [1.165, 1.54) is 6.42 Å². The van der Waals surface area contributed by atoms with E-state index in [0.717, 1.165) is 0 Å². The highest BCUT2D eigenvalue weighted by atomic mass is 14.1. The number of rotatable bonds is 3. The summed E-state index contributed by atoms with van der Waals surface area (Å²) in [4.78, 5) is 0. The Kier molecular flexibility index (Phi) is 4.48. The first-order chi connectivity index (χ1) is 4.95. The van der Waals surface area contributed by atoms with E-state index in [-0.39, 0.29) is 0 Å². The lowest BCUT2D eigenvalue weighted by molar-refractivity contribution is 0.536. The summed E-state index contributed by atoms with van der Waals surface area (Å²) in [6.45, 7) is 11.0. The van der Waals surface area contributed by atoms with E-state index in [9.17, 15) is 0 Å². The van der Waals surface area contributed by atoms with Gasteiger partial charge in [-0.3, -0.25) is 0 Å². The Balaban J connectivity index is 3.73. The van der Waals surface area contributed by atoms with E-state index in [2.05, 4.69) is 53.2 Å². The van der Waals surface area contributed by atoms with Gasteiger partial charge in [0.25, 0.3) is 0 Å². The first kappa shape index (κ1) is 10.7.